The molecule has 2 N–H and O–H groups in total. The maximum Gasteiger partial charge on any atom is 0.270 e. The lowest BCUT2D eigenvalue weighted by molar-refractivity contribution is -0.116. The number of carbonyl (C=O) groups excluding carboxylic acids is 2. The second kappa shape index (κ2) is 6.76. The first-order valence-corrected chi connectivity index (χ1v) is 7.82. The van der Waals surface area contributed by atoms with Gasteiger partial charge in [0.25, 0.3) is 5.91 Å². The second-order valence-electron chi connectivity index (χ2n) is 5.99. The smallest absolute Gasteiger partial charge is 0.270 e. The van der Waals surface area contributed by atoms with Crippen LogP contribution in [0.1, 0.15) is 16.1 Å². The van der Waals surface area contributed by atoms with Crippen LogP contribution in [0, 0.1) is 12.7 Å². The molecule has 0 saturated carbocycles. The van der Waals surface area contributed by atoms with Gasteiger partial charge in [0.05, 0.1) is 6.54 Å². The molecule has 5 nitrogen and oxygen atoms in total. The van der Waals surface area contributed by atoms with E-state index in [0.717, 1.165) is 5.56 Å². The molecule has 25 heavy (non-hydrogen) atoms. The summed E-state index contributed by atoms with van der Waals surface area (Å²) in [5.74, 6) is -0.992. The number of amides is 2. The van der Waals surface area contributed by atoms with Crippen molar-refractivity contribution in [1.82, 2.24) is 9.88 Å². The first kappa shape index (κ1) is 16.7. The van der Waals surface area contributed by atoms with E-state index in [4.69, 9.17) is 0 Å². The highest BCUT2D eigenvalue weighted by Gasteiger charge is 2.17. The van der Waals surface area contributed by atoms with E-state index in [2.05, 4.69) is 10.3 Å². The Morgan fingerprint density at radius 3 is 2.56 bits per heavy atom. The van der Waals surface area contributed by atoms with Gasteiger partial charge in [-0.25, -0.2) is 4.39 Å². The van der Waals surface area contributed by atoms with Crippen LogP contribution in [0.5, 0.6) is 0 Å². The fourth-order valence-corrected chi connectivity index (χ4v) is 2.55. The van der Waals surface area contributed by atoms with Crippen LogP contribution in [0.15, 0.2) is 48.5 Å². The lowest BCUT2D eigenvalue weighted by Gasteiger charge is -2.16. The highest BCUT2D eigenvalue weighted by Crippen LogP contribution is 2.17. The number of hydrogen-bond donors (Lipinski definition) is 2. The van der Waals surface area contributed by atoms with Gasteiger partial charge >= 0.3 is 0 Å². The first-order valence-electron chi connectivity index (χ1n) is 7.82. The van der Waals surface area contributed by atoms with Crippen molar-refractivity contribution in [2.45, 2.75) is 6.92 Å². The van der Waals surface area contributed by atoms with E-state index < -0.39 is 0 Å². The van der Waals surface area contributed by atoms with Crippen LogP contribution in [-0.2, 0) is 4.79 Å². The predicted molar refractivity (Wildman–Crippen MR) is 95.0 cm³/mol. The van der Waals surface area contributed by atoms with Gasteiger partial charge in [0.1, 0.15) is 11.5 Å². The summed E-state index contributed by atoms with van der Waals surface area (Å²) in [6.07, 6.45) is 0. The number of hydrogen-bond acceptors (Lipinski definition) is 2. The Kier molecular flexibility index (Phi) is 4.52. The summed E-state index contributed by atoms with van der Waals surface area (Å²) >= 11 is 0. The molecule has 0 spiro atoms. The number of aromatic nitrogens is 1. The third kappa shape index (κ3) is 3.85. The van der Waals surface area contributed by atoms with E-state index >= 15 is 0 Å². The van der Waals surface area contributed by atoms with Gasteiger partial charge in [-0.05, 0) is 43.3 Å². The topological polar surface area (TPSA) is 65.2 Å². The minimum absolute atomic E-state index is 0.0869. The van der Waals surface area contributed by atoms with Crippen molar-refractivity contribution >= 4 is 28.4 Å². The van der Waals surface area contributed by atoms with E-state index in [-0.39, 0.29) is 24.2 Å². The Labute approximate surface area is 144 Å². The van der Waals surface area contributed by atoms with Gasteiger partial charge in [0.2, 0.25) is 5.91 Å². The SMILES string of the molecule is Cc1ccc(NC(=O)CN(C)C(=O)c2cc3cc(F)ccc3[nH]2)cc1. The molecule has 1 heterocycles. The summed E-state index contributed by atoms with van der Waals surface area (Å²) < 4.78 is 13.2. The van der Waals surface area contributed by atoms with Gasteiger partial charge in [0, 0.05) is 23.6 Å². The molecule has 2 aromatic carbocycles. The lowest BCUT2D eigenvalue weighted by Crippen LogP contribution is -2.35. The number of aromatic amines is 1. The summed E-state index contributed by atoms with van der Waals surface area (Å²) in [5, 5.41) is 3.36. The Balaban J connectivity index is 1.66. The molecule has 0 bridgehead atoms. The number of rotatable bonds is 4. The molecule has 0 fully saturated rings. The predicted octanol–water partition coefficient (Wildman–Crippen LogP) is 3.33. The van der Waals surface area contributed by atoms with Crippen LogP contribution < -0.4 is 5.32 Å². The van der Waals surface area contributed by atoms with Crippen molar-refractivity contribution in [3.05, 3.63) is 65.6 Å². The molecule has 0 aliphatic heterocycles. The maximum absolute atomic E-state index is 13.2. The summed E-state index contributed by atoms with van der Waals surface area (Å²) in [6.45, 7) is 1.88. The zero-order valence-electron chi connectivity index (χ0n) is 14.0. The molecule has 0 saturated heterocycles. The van der Waals surface area contributed by atoms with Gasteiger partial charge in [-0.2, -0.15) is 0 Å². The van der Waals surface area contributed by atoms with Crippen molar-refractivity contribution in [3.63, 3.8) is 0 Å². The number of anilines is 1. The van der Waals surface area contributed by atoms with Gasteiger partial charge in [0.15, 0.2) is 0 Å². The molecule has 6 heteroatoms. The van der Waals surface area contributed by atoms with Crippen LogP contribution in [0.3, 0.4) is 0 Å². The van der Waals surface area contributed by atoms with Crippen LogP contribution in [0.4, 0.5) is 10.1 Å². The maximum atomic E-state index is 13.2. The molecule has 0 aliphatic rings. The number of halogens is 1. The largest absolute Gasteiger partial charge is 0.351 e. The highest BCUT2D eigenvalue weighted by atomic mass is 19.1. The fraction of sp³-hybridized carbons (Fsp3) is 0.158. The molecular weight excluding hydrogens is 321 g/mol. The van der Waals surface area contributed by atoms with E-state index in [1.807, 2.05) is 19.1 Å². The van der Waals surface area contributed by atoms with Gasteiger partial charge in [-0.1, -0.05) is 17.7 Å². The number of aryl methyl sites for hydroxylation is 1. The summed E-state index contributed by atoms with van der Waals surface area (Å²) in [5.41, 5.74) is 2.76. The van der Waals surface area contributed by atoms with E-state index in [9.17, 15) is 14.0 Å². The Bertz CT molecular complexity index is 931. The number of H-pyrrole nitrogens is 1. The number of likely N-dealkylation sites (N-methyl/N-ethyl adjacent to an activating group) is 1. The van der Waals surface area contributed by atoms with Crippen LogP contribution in [0.2, 0.25) is 0 Å². The molecule has 1 aromatic heterocycles. The molecule has 3 rings (SSSR count). The average Bonchev–Trinajstić information content (AvgIpc) is 2.99. The zero-order valence-corrected chi connectivity index (χ0v) is 14.0. The summed E-state index contributed by atoms with van der Waals surface area (Å²) in [7, 11) is 1.54. The van der Waals surface area contributed by atoms with Crippen LogP contribution in [-0.4, -0.2) is 35.3 Å². The second-order valence-corrected chi connectivity index (χ2v) is 5.99. The van der Waals surface area contributed by atoms with Crippen molar-refractivity contribution in [3.8, 4) is 0 Å². The first-order chi connectivity index (χ1) is 11.9. The summed E-state index contributed by atoms with van der Waals surface area (Å²) in [4.78, 5) is 28.8. The van der Waals surface area contributed by atoms with E-state index in [0.29, 0.717) is 22.3 Å². The van der Waals surface area contributed by atoms with Gasteiger partial charge < -0.3 is 15.2 Å². The van der Waals surface area contributed by atoms with E-state index in [1.165, 1.54) is 17.0 Å². The number of fused-ring (bicyclic) bond motifs is 1. The minimum Gasteiger partial charge on any atom is -0.351 e. The van der Waals surface area contributed by atoms with Gasteiger partial charge in [-0.3, -0.25) is 9.59 Å². The molecule has 0 atom stereocenters. The minimum atomic E-state index is -0.365. The third-order valence-corrected chi connectivity index (χ3v) is 3.88. The monoisotopic (exact) mass is 339 g/mol. The molecule has 0 unspecified atom stereocenters. The fourth-order valence-electron chi connectivity index (χ4n) is 2.55. The summed E-state index contributed by atoms with van der Waals surface area (Å²) in [6, 6.07) is 13.2. The standard InChI is InChI=1S/C19H18FN3O2/c1-12-3-6-15(7-4-12)21-18(24)11-23(2)19(25)17-10-13-9-14(20)5-8-16(13)22-17/h3-10,22H,11H2,1-2H3,(H,21,24). The zero-order chi connectivity index (χ0) is 18.0. The quantitative estimate of drug-likeness (QED) is 0.766. The third-order valence-electron chi connectivity index (χ3n) is 3.88. The lowest BCUT2D eigenvalue weighted by atomic mass is 10.2. The molecule has 0 radical (unpaired) electrons. The van der Waals surface area contributed by atoms with Crippen molar-refractivity contribution in [1.29, 1.82) is 0 Å². The Morgan fingerprint density at radius 2 is 1.84 bits per heavy atom. The van der Waals surface area contributed by atoms with E-state index in [1.54, 1.807) is 31.3 Å². The average molecular weight is 339 g/mol. The molecule has 128 valence electrons. The number of nitrogens with one attached hydrogen (secondary N) is 2. The number of carbonyl (C=O) groups is 2. The van der Waals surface area contributed by atoms with Crippen molar-refractivity contribution in [2.75, 3.05) is 18.9 Å². The van der Waals surface area contributed by atoms with Crippen molar-refractivity contribution in [2.24, 2.45) is 0 Å². The van der Waals surface area contributed by atoms with Gasteiger partial charge in [-0.15, -0.1) is 0 Å². The molecule has 0 aliphatic carbocycles. The molecular formula is C19H18FN3O2. The Morgan fingerprint density at radius 1 is 1.12 bits per heavy atom. The van der Waals surface area contributed by atoms with Crippen molar-refractivity contribution < 1.29 is 14.0 Å². The highest BCUT2D eigenvalue weighted by molar-refractivity contribution is 6.01. The van der Waals surface area contributed by atoms with Crippen LogP contribution >= 0.6 is 0 Å². The Hall–Kier alpha value is -3.15. The number of benzene rings is 2. The molecule has 3 aromatic rings. The van der Waals surface area contributed by atoms with Crippen LogP contribution in [0.25, 0.3) is 10.9 Å². The molecule has 2 amide bonds. The normalized spacial score (nSPS) is 10.7. The number of nitrogens with zero attached hydrogens (tertiary/aromatic N) is 1.